The van der Waals surface area contributed by atoms with Crippen molar-refractivity contribution in [2.24, 2.45) is 0 Å². The number of amides is 1. The van der Waals surface area contributed by atoms with Crippen LogP contribution in [0.2, 0.25) is 5.02 Å². The van der Waals surface area contributed by atoms with Crippen LogP contribution in [0.4, 0.5) is 0 Å². The topological polar surface area (TPSA) is 124 Å². The van der Waals surface area contributed by atoms with Gasteiger partial charge in [-0.2, -0.15) is 0 Å². The Morgan fingerprint density at radius 2 is 1.89 bits per heavy atom. The van der Waals surface area contributed by atoms with Crippen LogP contribution in [0.5, 0.6) is 5.75 Å². The summed E-state index contributed by atoms with van der Waals surface area (Å²) < 4.78 is 55.7. The summed E-state index contributed by atoms with van der Waals surface area (Å²) >= 11 is 6.27. The third-order valence-electron chi connectivity index (χ3n) is 6.06. The van der Waals surface area contributed by atoms with Crippen LogP contribution in [0.15, 0.2) is 59.9 Å². The van der Waals surface area contributed by atoms with Crippen LogP contribution in [0.3, 0.4) is 0 Å². The first-order valence-electron chi connectivity index (χ1n) is 11.4. The minimum Gasteiger partial charge on any atom is -0.497 e. The van der Waals surface area contributed by atoms with Gasteiger partial charge in [0.2, 0.25) is 15.0 Å². The lowest BCUT2D eigenvalue weighted by Gasteiger charge is -2.28. The van der Waals surface area contributed by atoms with Gasteiger partial charge in [-0.15, -0.1) is 0 Å². The first-order valence-corrected chi connectivity index (χ1v) is 15.3. The Balaban J connectivity index is 1.68. The van der Waals surface area contributed by atoms with Gasteiger partial charge in [0.25, 0.3) is 5.91 Å². The summed E-state index contributed by atoms with van der Waals surface area (Å²) in [6.07, 6.45) is 1.34. The third-order valence-corrected chi connectivity index (χ3v) is 9.56. The lowest BCUT2D eigenvalue weighted by atomic mass is 10.1. The Bertz CT molecular complexity index is 1530. The number of halogens is 1. The molecule has 0 N–H and O–H groups in total. The van der Waals surface area contributed by atoms with Gasteiger partial charge in [-0.05, 0) is 36.6 Å². The molecule has 1 saturated heterocycles. The largest absolute Gasteiger partial charge is 0.497 e. The fraction of sp³-hybridized carbons (Fsp3) is 0.320. The average molecular weight is 564 g/mol. The number of aryl methyl sites for hydroxylation is 1. The Morgan fingerprint density at radius 3 is 2.51 bits per heavy atom. The van der Waals surface area contributed by atoms with Crippen LogP contribution < -0.4 is 4.74 Å². The van der Waals surface area contributed by atoms with E-state index >= 15 is 0 Å². The second-order valence-electron chi connectivity index (χ2n) is 8.94. The van der Waals surface area contributed by atoms with Gasteiger partial charge in [0.1, 0.15) is 5.75 Å². The van der Waals surface area contributed by atoms with Crippen molar-refractivity contribution in [2.75, 3.05) is 18.6 Å². The molecule has 0 bridgehead atoms. The zero-order valence-electron chi connectivity index (χ0n) is 20.3. The Kier molecular flexibility index (Phi) is 7.86. The van der Waals surface area contributed by atoms with Crippen LogP contribution in [-0.2, 0) is 32.0 Å². The van der Waals surface area contributed by atoms with Gasteiger partial charge in [0, 0.05) is 12.6 Å². The molecule has 1 aromatic heterocycles. The highest BCUT2D eigenvalue weighted by Gasteiger charge is 2.36. The molecule has 1 unspecified atom stereocenters. The number of hydrogen-bond donors (Lipinski definition) is 0. The number of hydrogen-bond acceptors (Lipinski definition) is 8. The minimum atomic E-state index is -3.99. The Labute approximate surface area is 221 Å². The molecule has 0 radical (unpaired) electrons. The first-order chi connectivity index (χ1) is 17.5. The number of aromatic nitrogens is 2. The summed E-state index contributed by atoms with van der Waals surface area (Å²) in [6, 6.07) is 13.4. The zero-order chi connectivity index (χ0) is 26.8. The molecule has 9 nitrogen and oxygen atoms in total. The highest BCUT2D eigenvalue weighted by Crippen LogP contribution is 2.26. The molecule has 2 aromatic carbocycles. The molecule has 1 aliphatic rings. The predicted octanol–water partition coefficient (Wildman–Crippen LogP) is 3.25. The van der Waals surface area contributed by atoms with Crippen LogP contribution in [0, 0.1) is 6.92 Å². The maximum Gasteiger partial charge on any atom is 0.274 e. The molecule has 12 heteroatoms. The molecule has 1 amide bonds. The van der Waals surface area contributed by atoms with E-state index in [0.29, 0.717) is 11.3 Å². The average Bonchev–Trinajstić information content (AvgIpc) is 3.21. The molecular formula is C25H26ClN3O6S2. The second-order valence-corrected chi connectivity index (χ2v) is 13.5. The van der Waals surface area contributed by atoms with E-state index in [1.807, 2.05) is 13.0 Å². The molecule has 3 aromatic rings. The molecule has 1 atom stereocenters. The molecule has 0 saturated carbocycles. The van der Waals surface area contributed by atoms with E-state index in [4.69, 9.17) is 16.3 Å². The minimum absolute atomic E-state index is 0.0440. The standard InChI is InChI=1S/C25H26ClN3O6S2/c1-17-4-3-5-19(12-17)15-37(33,34)25-27-13-22(26)23(28-25)24(30)29(20-10-11-36(31,32)16-20)14-18-6-8-21(35-2)9-7-18/h3-9,12-13,20H,10-11,14-16H2,1-2H3. The van der Waals surface area contributed by atoms with E-state index in [1.165, 1.54) is 12.0 Å². The molecule has 4 rings (SSSR count). The molecular weight excluding hydrogens is 538 g/mol. The van der Waals surface area contributed by atoms with Crippen molar-refractivity contribution in [1.82, 2.24) is 14.9 Å². The van der Waals surface area contributed by atoms with E-state index < -0.39 is 36.8 Å². The quantitative estimate of drug-likeness (QED) is 0.383. The summed E-state index contributed by atoms with van der Waals surface area (Å²) in [5.41, 5.74) is 1.90. The number of rotatable bonds is 8. The third kappa shape index (κ3) is 6.46. The smallest absolute Gasteiger partial charge is 0.274 e. The number of methoxy groups -OCH3 is 1. The molecule has 196 valence electrons. The fourth-order valence-electron chi connectivity index (χ4n) is 4.19. The van der Waals surface area contributed by atoms with Crippen molar-refractivity contribution >= 4 is 37.2 Å². The van der Waals surface area contributed by atoms with Gasteiger partial charge in [-0.1, -0.05) is 53.6 Å². The summed E-state index contributed by atoms with van der Waals surface area (Å²) in [5.74, 6) is -0.626. The van der Waals surface area contributed by atoms with Crippen LogP contribution in [0.25, 0.3) is 0 Å². The van der Waals surface area contributed by atoms with E-state index in [-0.39, 0.29) is 40.9 Å². The molecule has 0 aliphatic carbocycles. The van der Waals surface area contributed by atoms with Crippen molar-refractivity contribution < 1.29 is 26.4 Å². The summed E-state index contributed by atoms with van der Waals surface area (Å²) in [4.78, 5) is 23.0. The van der Waals surface area contributed by atoms with E-state index in [9.17, 15) is 21.6 Å². The fourth-order valence-corrected chi connectivity index (χ4v) is 7.28. The first kappa shape index (κ1) is 27.0. The van der Waals surface area contributed by atoms with Gasteiger partial charge in [-0.25, -0.2) is 26.8 Å². The molecule has 1 aliphatic heterocycles. The lowest BCUT2D eigenvalue weighted by Crippen LogP contribution is -2.41. The normalized spacial score (nSPS) is 16.9. The van der Waals surface area contributed by atoms with Crippen molar-refractivity contribution in [2.45, 2.75) is 36.8 Å². The van der Waals surface area contributed by atoms with Gasteiger partial charge < -0.3 is 9.64 Å². The number of carbonyl (C=O) groups is 1. The van der Waals surface area contributed by atoms with Gasteiger partial charge in [0.05, 0.1) is 35.6 Å². The van der Waals surface area contributed by atoms with Gasteiger partial charge in [-0.3, -0.25) is 4.79 Å². The number of nitrogens with zero attached hydrogens (tertiary/aromatic N) is 3. The van der Waals surface area contributed by atoms with Crippen molar-refractivity contribution in [1.29, 1.82) is 0 Å². The molecule has 37 heavy (non-hydrogen) atoms. The highest BCUT2D eigenvalue weighted by molar-refractivity contribution is 7.91. The predicted molar refractivity (Wildman–Crippen MR) is 139 cm³/mol. The summed E-state index contributed by atoms with van der Waals surface area (Å²) in [6.45, 7) is 1.93. The number of ether oxygens (including phenoxy) is 1. The highest BCUT2D eigenvalue weighted by atomic mass is 35.5. The van der Waals surface area contributed by atoms with Crippen molar-refractivity contribution in [3.05, 3.63) is 82.1 Å². The summed E-state index contributed by atoms with van der Waals surface area (Å²) in [7, 11) is -5.77. The van der Waals surface area contributed by atoms with Gasteiger partial charge in [0.15, 0.2) is 15.5 Å². The van der Waals surface area contributed by atoms with Gasteiger partial charge >= 0.3 is 0 Å². The van der Waals surface area contributed by atoms with Crippen LogP contribution >= 0.6 is 11.6 Å². The summed E-state index contributed by atoms with van der Waals surface area (Å²) in [5, 5.41) is -0.648. The molecule has 2 heterocycles. The molecule has 1 fully saturated rings. The van der Waals surface area contributed by atoms with E-state index in [1.54, 1.807) is 42.5 Å². The van der Waals surface area contributed by atoms with E-state index in [2.05, 4.69) is 9.97 Å². The van der Waals surface area contributed by atoms with E-state index in [0.717, 1.165) is 17.3 Å². The van der Waals surface area contributed by atoms with Crippen LogP contribution in [-0.4, -0.2) is 62.3 Å². The van der Waals surface area contributed by atoms with Crippen molar-refractivity contribution in [3.8, 4) is 5.75 Å². The maximum atomic E-state index is 13.7. The number of carbonyl (C=O) groups excluding carboxylic acids is 1. The number of benzene rings is 2. The maximum absolute atomic E-state index is 13.7. The van der Waals surface area contributed by atoms with Crippen LogP contribution in [0.1, 0.15) is 33.6 Å². The molecule has 0 spiro atoms. The van der Waals surface area contributed by atoms with Crippen molar-refractivity contribution in [3.63, 3.8) is 0 Å². The Hall–Kier alpha value is -3.02. The number of sulfone groups is 2. The second kappa shape index (κ2) is 10.8. The SMILES string of the molecule is COc1ccc(CN(C(=O)c2nc(S(=O)(=O)Cc3cccc(C)c3)ncc2Cl)C2CCS(=O)(=O)C2)cc1. The Morgan fingerprint density at radius 1 is 1.16 bits per heavy atom. The lowest BCUT2D eigenvalue weighted by molar-refractivity contribution is 0.0674. The zero-order valence-corrected chi connectivity index (χ0v) is 22.7. The monoisotopic (exact) mass is 563 g/mol.